The van der Waals surface area contributed by atoms with Crippen LogP contribution in [0.25, 0.3) is 0 Å². The Balaban J connectivity index is 2.32. The first kappa shape index (κ1) is 15.3. The smallest absolute Gasteiger partial charge is 0.243 e. The predicted octanol–water partition coefficient (Wildman–Crippen LogP) is 2.53. The SMILES string of the molecule is Cc1cc(S(=O)(=O)N2CCC(C)(C)CC2)cc(N)c1F. The van der Waals surface area contributed by atoms with Crippen molar-refractivity contribution in [2.75, 3.05) is 18.8 Å². The number of hydrogen-bond acceptors (Lipinski definition) is 3. The Morgan fingerprint density at radius 3 is 2.30 bits per heavy atom. The standard InChI is InChI=1S/C14H21FN2O2S/c1-10-8-11(9-12(16)13(10)15)20(18,19)17-6-4-14(2,3)5-7-17/h8-9H,4-7,16H2,1-3H3. The number of sulfonamides is 1. The van der Waals surface area contributed by atoms with E-state index in [-0.39, 0.29) is 21.6 Å². The number of aryl methyl sites for hydroxylation is 1. The van der Waals surface area contributed by atoms with Gasteiger partial charge in [-0.05, 0) is 42.9 Å². The molecule has 0 atom stereocenters. The van der Waals surface area contributed by atoms with Crippen LogP contribution in [0.2, 0.25) is 0 Å². The van der Waals surface area contributed by atoms with Gasteiger partial charge in [-0.3, -0.25) is 0 Å². The Bertz CT molecular complexity index is 593. The van der Waals surface area contributed by atoms with Gasteiger partial charge in [0.2, 0.25) is 10.0 Å². The Morgan fingerprint density at radius 1 is 1.25 bits per heavy atom. The van der Waals surface area contributed by atoms with Gasteiger partial charge in [0.1, 0.15) is 5.82 Å². The van der Waals surface area contributed by atoms with Crippen molar-refractivity contribution in [1.29, 1.82) is 0 Å². The molecule has 2 rings (SSSR count). The number of benzene rings is 1. The second-order valence-electron chi connectivity index (χ2n) is 6.21. The average molecular weight is 300 g/mol. The molecule has 0 spiro atoms. The summed E-state index contributed by atoms with van der Waals surface area (Å²) in [5, 5.41) is 0. The molecule has 0 unspecified atom stereocenters. The number of anilines is 1. The number of hydrogen-bond donors (Lipinski definition) is 1. The molecule has 0 aliphatic carbocycles. The molecule has 1 aliphatic heterocycles. The second-order valence-corrected chi connectivity index (χ2v) is 8.15. The molecule has 0 aromatic heterocycles. The minimum absolute atomic E-state index is 0.0774. The van der Waals surface area contributed by atoms with Gasteiger partial charge in [0, 0.05) is 13.1 Å². The van der Waals surface area contributed by atoms with Crippen molar-refractivity contribution in [2.24, 2.45) is 5.41 Å². The van der Waals surface area contributed by atoms with Crippen LogP contribution in [-0.4, -0.2) is 25.8 Å². The van der Waals surface area contributed by atoms with Crippen LogP contribution in [0.15, 0.2) is 17.0 Å². The van der Waals surface area contributed by atoms with Gasteiger partial charge in [0.05, 0.1) is 10.6 Å². The van der Waals surface area contributed by atoms with E-state index in [9.17, 15) is 12.8 Å². The molecule has 0 bridgehead atoms. The maximum Gasteiger partial charge on any atom is 0.243 e. The molecule has 1 aromatic carbocycles. The minimum atomic E-state index is -3.59. The van der Waals surface area contributed by atoms with Crippen molar-refractivity contribution >= 4 is 15.7 Å². The first-order valence-electron chi connectivity index (χ1n) is 6.69. The van der Waals surface area contributed by atoms with E-state index in [0.29, 0.717) is 13.1 Å². The van der Waals surface area contributed by atoms with E-state index in [1.54, 1.807) is 0 Å². The molecule has 0 radical (unpaired) electrons. The number of nitrogens with two attached hydrogens (primary N) is 1. The summed E-state index contributed by atoms with van der Waals surface area (Å²) in [4.78, 5) is 0.0774. The number of piperidine rings is 1. The number of rotatable bonds is 2. The van der Waals surface area contributed by atoms with Crippen molar-refractivity contribution in [3.05, 3.63) is 23.5 Å². The molecule has 1 saturated heterocycles. The molecule has 2 N–H and O–H groups in total. The van der Waals surface area contributed by atoms with Crippen molar-refractivity contribution in [2.45, 2.75) is 38.5 Å². The first-order valence-corrected chi connectivity index (χ1v) is 8.13. The molecule has 6 heteroatoms. The van der Waals surface area contributed by atoms with Crippen LogP contribution < -0.4 is 5.73 Å². The molecule has 1 fully saturated rings. The van der Waals surface area contributed by atoms with Crippen LogP contribution in [0.5, 0.6) is 0 Å². The van der Waals surface area contributed by atoms with E-state index in [2.05, 4.69) is 13.8 Å². The monoisotopic (exact) mass is 300 g/mol. The fourth-order valence-electron chi connectivity index (χ4n) is 2.39. The van der Waals surface area contributed by atoms with Crippen LogP contribution in [0.4, 0.5) is 10.1 Å². The number of halogens is 1. The summed E-state index contributed by atoms with van der Waals surface area (Å²) in [6.07, 6.45) is 1.64. The van der Waals surface area contributed by atoms with Crippen LogP contribution in [-0.2, 0) is 10.0 Å². The fourth-order valence-corrected chi connectivity index (χ4v) is 3.96. The van der Waals surface area contributed by atoms with E-state index in [1.807, 2.05) is 0 Å². The van der Waals surface area contributed by atoms with Crippen LogP contribution in [0.3, 0.4) is 0 Å². The fraction of sp³-hybridized carbons (Fsp3) is 0.571. The highest BCUT2D eigenvalue weighted by Gasteiger charge is 2.33. The molecule has 4 nitrogen and oxygen atoms in total. The molecule has 1 aliphatic rings. The topological polar surface area (TPSA) is 63.4 Å². The molecule has 112 valence electrons. The van der Waals surface area contributed by atoms with E-state index >= 15 is 0 Å². The minimum Gasteiger partial charge on any atom is -0.396 e. The molecular weight excluding hydrogens is 279 g/mol. The summed E-state index contributed by atoms with van der Waals surface area (Å²) < 4.78 is 40.1. The Labute approximate surface area is 119 Å². The lowest BCUT2D eigenvalue weighted by molar-refractivity contribution is 0.196. The molecule has 0 amide bonds. The third-order valence-corrected chi connectivity index (χ3v) is 5.85. The average Bonchev–Trinajstić information content (AvgIpc) is 2.34. The Kier molecular flexibility index (Phi) is 3.81. The molecule has 1 aromatic rings. The highest BCUT2D eigenvalue weighted by atomic mass is 32.2. The third kappa shape index (κ3) is 2.81. The van der Waals surface area contributed by atoms with Gasteiger partial charge in [0.15, 0.2) is 0 Å². The highest BCUT2D eigenvalue weighted by Crippen LogP contribution is 2.33. The van der Waals surface area contributed by atoms with Crippen molar-refractivity contribution < 1.29 is 12.8 Å². The van der Waals surface area contributed by atoms with E-state index < -0.39 is 15.8 Å². The van der Waals surface area contributed by atoms with Crippen LogP contribution >= 0.6 is 0 Å². The van der Waals surface area contributed by atoms with Gasteiger partial charge < -0.3 is 5.73 Å². The second kappa shape index (κ2) is 5.00. The normalized spacial score (nSPS) is 20.0. The number of nitrogens with zero attached hydrogens (tertiary/aromatic N) is 1. The van der Waals surface area contributed by atoms with Crippen molar-refractivity contribution in [3.8, 4) is 0 Å². The summed E-state index contributed by atoms with van der Waals surface area (Å²) >= 11 is 0. The highest BCUT2D eigenvalue weighted by molar-refractivity contribution is 7.89. The Hall–Kier alpha value is -1.14. The summed E-state index contributed by atoms with van der Waals surface area (Å²) in [5.74, 6) is -0.552. The number of nitrogen functional groups attached to an aromatic ring is 1. The zero-order valence-electron chi connectivity index (χ0n) is 12.1. The maximum absolute atomic E-state index is 13.5. The van der Waals surface area contributed by atoms with Gasteiger partial charge in [-0.1, -0.05) is 13.8 Å². The maximum atomic E-state index is 13.5. The van der Waals surface area contributed by atoms with Crippen molar-refractivity contribution in [1.82, 2.24) is 4.31 Å². The molecule has 20 heavy (non-hydrogen) atoms. The largest absolute Gasteiger partial charge is 0.396 e. The van der Waals surface area contributed by atoms with Gasteiger partial charge in [-0.25, -0.2) is 12.8 Å². The zero-order valence-corrected chi connectivity index (χ0v) is 12.9. The molecular formula is C14H21FN2O2S. The van der Waals surface area contributed by atoms with Gasteiger partial charge >= 0.3 is 0 Å². The van der Waals surface area contributed by atoms with Crippen molar-refractivity contribution in [3.63, 3.8) is 0 Å². The summed E-state index contributed by atoms with van der Waals surface area (Å²) in [5.41, 5.74) is 5.83. The van der Waals surface area contributed by atoms with Gasteiger partial charge in [-0.2, -0.15) is 4.31 Å². The lowest BCUT2D eigenvalue weighted by Crippen LogP contribution is -2.41. The van der Waals surface area contributed by atoms with Crippen LogP contribution in [0.1, 0.15) is 32.3 Å². The van der Waals surface area contributed by atoms with Gasteiger partial charge in [-0.15, -0.1) is 0 Å². The van der Waals surface area contributed by atoms with E-state index in [4.69, 9.17) is 5.73 Å². The summed E-state index contributed by atoms with van der Waals surface area (Å²) in [7, 11) is -3.59. The predicted molar refractivity (Wildman–Crippen MR) is 77.3 cm³/mol. The Morgan fingerprint density at radius 2 is 1.80 bits per heavy atom. The summed E-state index contributed by atoms with van der Waals surface area (Å²) in [6, 6.07) is 2.55. The first-order chi connectivity index (χ1) is 9.13. The summed E-state index contributed by atoms with van der Waals surface area (Å²) in [6.45, 7) is 6.77. The molecule has 0 saturated carbocycles. The van der Waals surface area contributed by atoms with Gasteiger partial charge in [0.25, 0.3) is 0 Å². The lowest BCUT2D eigenvalue weighted by atomic mass is 9.83. The molecule has 1 heterocycles. The third-order valence-electron chi connectivity index (χ3n) is 3.97. The van der Waals surface area contributed by atoms with Crippen LogP contribution in [0, 0.1) is 18.2 Å². The van der Waals surface area contributed by atoms with E-state index in [1.165, 1.54) is 23.4 Å². The zero-order chi connectivity index (χ0) is 15.1. The quantitative estimate of drug-likeness (QED) is 0.854. The van der Waals surface area contributed by atoms with E-state index in [0.717, 1.165) is 12.8 Å². The lowest BCUT2D eigenvalue weighted by Gasteiger charge is -2.36.